The maximum atomic E-state index is 4.99. The Morgan fingerprint density at radius 1 is 1.75 bits per heavy atom. The van der Waals surface area contributed by atoms with Crippen molar-refractivity contribution in [3.05, 3.63) is 17.5 Å². The van der Waals surface area contributed by atoms with Gasteiger partial charge in [-0.2, -0.15) is 5.10 Å². The van der Waals surface area contributed by atoms with Gasteiger partial charge in [-0.3, -0.25) is 4.68 Å². The van der Waals surface area contributed by atoms with Gasteiger partial charge in [-0.15, -0.1) is 0 Å². The minimum atomic E-state index is 0.293. The summed E-state index contributed by atoms with van der Waals surface area (Å²) in [7, 11) is 1.93. The molecule has 1 heterocycles. The molecule has 0 spiro atoms. The molecule has 4 nitrogen and oxygen atoms in total. The van der Waals surface area contributed by atoms with Crippen LogP contribution >= 0.6 is 0 Å². The van der Waals surface area contributed by atoms with Gasteiger partial charge < -0.3 is 4.84 Å². The summed E-state index contributed by atoms with van der Waals surface area (Å²) in [6.45, 7) is 4.56. The quantitative estimate of drug-likeness (QED) is 0.678. The summed E-state index contributed by atoms with van der Waals surface area (Å²) in [5.41, 5.74) is 2.18. The molecule has 68 valence electrons. The van der Waals surface area contributed by atoms with Crippen molar-refractivity contribution in [1.82, 2.24) is 9.78 Å². The van der Waals surface area contributed by atoms with Crippen molar-refractivity contribution in [2.45, 2.75) is 19.8 Å². The van der Waals surface area contributed by atoms with Gasteiger partial charge in [0.25, 0.3) is 0 Å². The Morgan fingerprint density at radius 2 is 2.42 bits per heavy atom. The second-order valence-electron chi connectivity index (χ2n) is 3.07. The fourth-order valence-electron chi connectivity index (χ4n) is 1.32. The van der Waals surface area contributed by atoms with Crippen molar-refractivity contribution >= 4 is 0 Å². The molecule has 0 saturated carbocycles. The van der Waals surface area contributed by atoms with E-state index in [0.29, 0.717) is 12.5 Å². The van der Waals surface area contributed by atoms with E-state index < -0.39 is 0 Å². The van der Waals surface area contributed by atoms with Gasteiger partial charge in [-0.1, -0.05) is 6.92 Å². The van der Waals surface area contributed by atoms with Gasteiger partial charge in [-0.25, -0.2) is 5.90 Å². The Morgan fingerprint density at radius 3 is 2.83 bits per heavy atom. The van der Waals surface area contributed by atoms with Gasteiger partial charge in [0.1, 0.15) is 0 Å². The van der Waals surface area contributed by atoms with Gasteiger partial charge >= 0.3 is 0 Å². The highest BCUT2D eigenvalue weighted by molar-refractivity contribution is 5.12. The first-order valence-electron chi connectivity index (χ1n) is 3.97. The third-order valence-electron chi connectivity index (χ3n) is 1.89. The van der Waals surface area contributed by atoms with Gasteiger partial charge in [0.05, 0.1) is 12.3 Å². The SMILES string of the molecule is Cc1cc(C(C)CON)n(C)n1. The molecule has 0 saturated heterocycles. The maximum Gasteiger partial charge on any atom is 0.0760 e. The van der Waals surface area contributed by atoms with Crippen LogP contribution in [0.25, 0.3) is 0 Å². The van der Waals surface area contributed by atoms with Crippen molar-refractivity contribution in [1.29, 1.82) is 0 Å². The minimum absolute atomic E-state index is 0.293. The van der Waals surface area contributed by atoms with Gasteiger partial charge in [0.15, 0.2) is 0 Å². The number of hydrogen-bond donors (Lipinski definition) is 1. The minimum Gasteiger partial charge on any atom is -0.304 e. The van der Waals surface area contributed by atoms with Crippen LogP contribution in [0.4, 0.5) is 0 Å². The number of nitrogens with two attached hydrogens (primary N) is 1. The van der Waals surface area contributed by atoms with Crippen LogP contribution in [0.3, 0.4) is 0 Å². The summed E-state index contributed by atoms with van der Waals surface area (Å²) >= 11 is 0. The van der Waals surface area contributed by atoms with Crippen molar-refractivity contribution < 1.29 is 4.84 Å². The average molecular weight is 169 g/mol. The number of aryl methyl sites for hydroxylation is 2. The van der Waals surface area contributed by atoms with E-state index in [0.717, 1.165) is 11.4 Å². The van der Waals surface area contributed by atoms with Crippen LogP contribution in [0.5, 0.6) is 0 Å². The molecule has 1 aromatic rings. The molecule has 4 heteroatoms. The molecule has 0 amide bonds. The summed E-state index contributed by atoms with van der Waals surface area (Å²) in [5, 5.41) is 4.23. The van der Waals surface area contributed by atoms with Gasteiger partial charge in [-0.05, 0) is 13.0 Å². The smallest absolute Gasteiger partial charge is 0.0760 e. The van der Waals surface area contributed by atoms with E-state index in [-0.39, 0.29) is 0 Å². The van der Waals surface area contributed by atoms with Crippen molar-refractivity contribution in [2.75, 3.05) is 6.61 Å². The standard InChI is InChI=1S/C8H15N3O/c1-6(5-12-9)8-4-7(2)10-11(8)3/h4,6H,5,9H2,1-3H3. The third-order valence-corrected chi connectivity index (χ3v) is 1.89. The van der Waals surface area contributed by atoms with E-state index in [4.69, 9.17) is 5.90 Å². The first kappa shape index (κ1) is 9.22. The van der Waals surface area contributed by atoms with E-state index in [1.54, 1.807) is 0 Å². The second kappa shape index (κ2) is 3.69. The summed E-state index contributed by atoms with van der Waals surface area (Å²) in [5.74, 6) is 5.29. The van der Waals surface area contributed by atoms with Crippen LogP contribution in [0.15, 0.2) is 6.07 Å². The number of rotatable bonds is 3. The molecule has 0 aliphatic carbocycles. The zero-order chi connectivity index (χ0) is 9.14. The first-order valence-corrected chi connectivity index (χ1v) is 3.97. The van der Waals surface area contributed by atoms with Crippen LogP contribution in [0.1, 0.15) is 24.2 Å². The Kier molecular flexibility index (Phi) is 2.83. The number of aromatic nitrogens is 2. The van der Waals surface area contributed by atoms with Crippen LogP contribution in [0.2, 0.25) is 0 Å². The molecule has 2 N–H and O–H groups in total. The average Bonchev–Trinajstić information content (AvgIpc) is 2.30. The fraction of sp³-hybridized carbons (Fsp3) is 0.625. The molecule has 0 bridgehead atoms. The molecule has 0 aliphatic heterocycles. The predicted octanol–water partition coefficient (Wildman–Crippen LogP) is 0.722. The normalized spacial score (nSPS) is 13.3. The van der Waals surface area contributed by atoms with Crippen LogP contribution in [0, 0.1) is 6.92 Å². The second-order valence-corrected chi connectivity index (χ2v) is 3.07. The Bertz CT molecular complexity index is 257. The molecule has 1 atom stereocenters. The monoisotopic (exact) mass is 169 g/mol. The molecule has 1 unspecified atom stereocenters. The van der Waals surface area contributed by atoms with E-state index in [2.05, 4.69) is 16.9 Å². The van der Waals surface area contributed by atoms with Gasteiger partial charge in [0.2, 0.25) is 0 Å². The van der Waals surface area contributed by atoms with E-state index in [9.17, 15) is 0 Å². The molecule has 0 fully saturated rings. The predicted molar refractivity (Wildman–Crippen MR) is 46.5 cm³/mol. The summed E-state index contributed by atoms with van der Waals surface area (Å²) in [6.07, 6.45) is 0. The fourth-order valence-corrected chi connectivity index (χ4v) is 1.32. The molecule has 12 heavy (non-hydrogen) atoms. The van der Waals surface area contributed by atoms with Crippen LogP contribution in [-0.4, -0.2) is 16.4 Å². The highest BCUT2D eigenvalue weighted by Gasteiger charge is 2.10. The third kappa shape index (κ3) is 1.84. The topological polar surface area (TPSA) is 53.1 Å². The first-order chi connectivity index (χ1) is 5.65. The lowest BCUT2D eigenvalue weighted by Gasteiger charge is -2.08. The highest BCUT2D eigenvalue weighted by atomic mass is 16.6. The molecule has 1 rings (SSSR count). The molecule has 1 aromatic heterocycles. The van der Waals surface area contributed by atoms with Crippen molar-refractivity contribution in [3.8, 4) is 0 Å². The Hall–Kier alpha value is -0.870. The number of nitrogens with zero attached hydrogens (tertiary/aromatic N) is 2. The summed E-state index contributed by atoms with van der Waals surface area (Å²) < 4.78 is 1.86. The van der Waals surface area contributed by atoms with Crippen LogP contribution in [-0.2, 0) is 11.9 Å². The van der Waals surface area contributed by atoms with E-state index in [1.165, 1.54) is 0 Å². The Labute approximate surface area is 72.3 Å². The zero-order valence-corrected chi connectivity index (χ0v) is 7.74. The number of hydrogen-bond acceptors (Lipinski definition) is 3. The molecule has 0 radical (unpaired) electrons. The molecular weight excluding hydrogens is 154 g/mol. The van der Waals surface area contributed by atoms with Crippen molar-refractivity contribution in [3.63, 3.8) is 0 Å². The Balaban J connectivity index is 2.79. The molecular formula is C8H15N3O. The highest BCUT2D eigenvalue weighted by Crippen LogP contribution is 2.14. The van der Waals surface area contributed by atoms with E-state index >= 15 is 0 Å². The van der Waals surface area contributed by atoms with Gasteiger partial charge in [0, 0.05) is 18.7 Å². The van der Waals surface area contributed by atoms with Crippen molar-refractivity contribution in [2.24, 2.45) is 12.9 Å². The van der Waals surface area contributed by atoms with Crippen LogP contribution < -0.4 is 5.90 Å². The summed E-state index contributed by atoms with van der Waals surface area (Å²) in [4.78, 5) is 4.58. The lowest BCUT2D eigenvalue weighted by molar-refractivity contribution is 0.125. The maximum absolute atomic E-state index is 4.99. The summed E-state index contributed by atoms with van der Waals surface area (Å²) in [6, 6.07) is 2.05. The lowest BCUT2D eigenvalue weighted by Crippen LogP contribution is -2.11. The largest absolute Gasteiger partial charge is 0.304 e. The lowest BCUT2D eigenvalue weighted by atomic mass is 10.1. The van der Waals surface area contributed by atoms with E-state index in [1.807, 2.05) is 24.7 Å². The molecule has 0 aromatic carbocycles. The molecule has 0 aliphatic rings. The zero-order valence-electron chi connectivity index (χ0n) is 7.74.